The lowest BCUT2D eigenvalue weighted by atomic mass is 10.2. The number of rotatable bonds is 14. The predicted molar refractivity (Wildman–Crippen MR) is 268 cm³/mol. The molecule has 3 aliphatic rings. The maximum Gasteiger partial charge on any atom is 0.163 e. The Balaban J connectivity index is 0.000000145. The van der Waals surface area contributed by atoms with E-state index in [1.807, 2.05) is 87.2 Å². The second kappa shape index (κ2) is 24.7. The zero-order chi connectivity index (χ0) is 47.0. The number of halogens is 2. The third-order valence-corrected chi connectivity index (χ3v) is 11.9. The largest absolute Gasteiger partial charge is 0.493 e. The quantitative estimate of drug-likeness (QED) is 0.0820. The van der Waals surface area contributed by atoms with E-state index in [0.29, 0.717) is 23.5 Å². The van der Waals surface area contributed by atoms with Gasteiger partial charge in [-0.2, -0.15) is 10.2 Å². The van der Waals surface area contributed by atoms with Crippen molar-refractivity contribution in [2.24, 2.45) is 19.1 Å². The number of aliphatic imine (C=N–C) groups is 1. The SMILES string of the molecule is COc1ccc(C)cc1OCCCN1CCCC1.COc1ccc(Nc2ccc3cnn(C)c3n2)cc1OCCCN1CCCC1.Clc1ccc2c(n1)CN=C2.Cn1ncc2ccc(Cl)nc21. The van der Waals surface area contributed by atoms with E-state index >= 15 is 0 Å². The summed E-state index contributed by atoms with van der Waals surface area (Å²) in [5.74, 6) is 3.93. The minimum atomic E-state index is 0.501. The van der Waals surface area contributed by atoms with Crippen molar-refractivity contribution in [3.8, 4) is 23.0 Å². The van der Waals surface area contributed by atoms with E-state index in [1.54, 1.807) is 41.9 Å². The number of fused-ring (bicyclic) bond motifs is 3. The molecule has 2 aromatic carbocycles. The highest BCUT2D eigenvalue weighted by molar-refractivity contribution is 6.30. The van der Waals surface area contributed by atoms with Gasteiger partial charge in [-0.15, -0.1) is 0 Å². The summed E-state index contributed by atoms with van der Waals surface area (Å²) in [5, 5.41) is 14.7. The van der Waals surface area contributed by atoms with Gasteiger partial charge in [-0.25, -0.2) is 15.0 Å². The molecule has 3 aliphatic heterocycles. The number of likely N-dealkylation sites (tertiary alicyclic amines) is 2. The molecule has 0 aliphatic carbocycles. The molecule has 5 aromatic heterocycles. The van der Waals surface area contributed by atoms with Crippen LogP contribution in [0.15, 0.2) is 90.2 Å². The number of pyridine rings is 3. The van der Waals surface area contributed by atoms with Crippen LogP contribution in [0.25, 0.3) is 22.1 Å². The van der Waals surface area contributed by atoms with Crippen LogP contribution in [0, 0.1) is 6.92 Å². The Morgan fingerprint density at radius 2 is 1.16 bits per heavy atom. The van der Waals surface area contributed by atoms with Crippen molar-refractivity contribution < 1.29 is 18.9 Å². The van der Waals surface area contributed by atoms with Gasteiger partial charge in [0.15, 0.2) is 34.3 Å². The first-order valence-corrected chi connectivity index (χ1v) is 23.6. The molecule has 15 nitrogen and oxygen atoms in total. The van der Waals surface area contributed by atoms with Gasteiger partial charge in [-0.3, -0.25) is 14.4 Å². The maximum atomic E-state index is 6.02. The molecule has 8 heterocycles. The summed E-state index contributed by atoms with van der Waals surface area (Å²) in [6.45, 7) is 11.4. The second-order valence-electron chi connectivity index (χ2n) is 16.5. The van der Waals surface area contributed by atoms with Crippen molar-refractivity contribution in [3.05, 3.63) is 112 Å². The highest BCUT2D eigenvalue weighted by Gasteiger charge is 2.14. The number of nitrogens with one attached hydrogen (secondary N) is 1. The standard InChI is InChI=1S/C21H27N5O2.C15H23NO2.C7H6ClN3.C7H5ClN2/c1-25-21-16(15-22-25)6-9-20(24-21)23-17-7-8-18(27-2)19(14-17)28-13-5-12-26-10-3-4-11-26;1-13-6-7-14(17-2)15(12-13)18-11-5-10-16-8-3-4-9-16;1-11-7-5(4-9-11)2-3-6(8)10-7;8-7-2-1-5-3-9-4-6(5)10-7/h6-9,14-15H,3-5,10-13H2,1-2H3,(H,23,24);6-7,12H,3-5,8-11H2,1-2H3;2-4H,1H3;1-3H,4H2. The molecule has 354 valence electrons. The minimum Gasteiger partial charge on any atom is -0.493 e. The molecule has 1 N–H and O–H groups in total. The highest BCUT2D eigenvalue weighted by Crippen LogP contribution is 2.32. The molecule has 2 fully saturated rings. The van der Waals surface area contributed by atoms with Crippen LogP contribution in [-0.4, -0.2) is 117 Å². The van der Waals surface area contributed by atoms with Crippen LogP contribution in [-0.2, 0) is 20.6 Å². The van der Waals surface area contributed by atoms with Crippen LogP contribution in [0.3, 0.4) is 0 Å². The third kappa shape index (κ3) is 14.3. The van der Waals surface area contributed by atoms with Crippen LogP contribution in [0.1, 0.15) is 55.3 Å². The van der Waals surface area contributed by atoms with Gasteiger partial charge in [-0.05, 0) is 138 Å². The lowest BCUT2D eigenvalue weighted by Crippen LogP contribution is -2.21. The van der Waals surface area contributed by atoms with Gasteiger partial charge >= 0.3 is 0 Å². The van der Waals surface area contributed by atoms with Crippen molar-refractivity contribution in [1.82, 2.24) is 44.3 Å². The van der Waals surface area contributed by atoms with Crippen molar-refractivity contribution in [1.29, 1.82) is 0 Å². The molecule has 0 spiro atoms. The number of hydrogen-bond acceptors (Lipinski definition) is 13. The minimum absolute atomic E-state index is 0.501. The summed E-state index contributed by atoms with van der Waals surface area (Å²) in [7, 11) is 7.07. The Morgan fingerprint density at radius 1 is 0.612 bits per heavy atom. The first kappa shape index (κ1) is 48.9. The van der Waals surface area contributed by atoms with E-state index in [9.17, 15) is 0 Å². The molecule has 0 atom stereocenters. The Morgan fingerprint density at radius 3 is 1.79 bits per heavy atom. The van der Waals surface area contributed by atoms with E-state index in [-0.39, 0.29) is 0 Å². The average molecular weight is 951 g/mol. The molecule has 0 unspecified atom stereocenters. The summed E-state index contributed by atoms with van der Waals surface area (Å²) >= 11 is 11.4. The molecule has 67 heavy (non-hydrogen) atoms. The van der Waals surface area contributed by atoms with Gasteiger partial charge < -0.3 is 34.1 Å². The van der Waals surface area contributed by atoms with Crippen LogP contribution < -0.4 is 24.3 Å². The van der Waals surface area contributed by atoms with E-state index in [1.165, 1.54) is 57.4 Å². The van der Waals surface area contributed by atoms with Gasteiger partial charge in [0, 0.05) is 61.5 Å². The number of ether oxygens (including phenoxy) is 4. The van der Waals surface area contributed by atoms with E-state index in [0.717, 1.165) is 100 Å². The van der Waals surface area contributed by atoms with Gasteiger partial charge in [0.25, 0.3) is 0 Å². The zero-order valence-corrected chi connectivity index (χ0v) is 40.6. The Kier molecular flexibility index (Phi) is 18.0. The molecule has 17 heteroatoms. The molecular weight excluding hydrogens is 890 g/mol. The van der Waals surface area contributed by atoms with Crippen LogP contribution >= 0.6 is 23.2 Å². The van der Waals surface area contributed by atoms with Gasteiger partial charge in [0.1, 0.15) is 16.1 Å². The number of anilines is 2. The summed E-state index contributed by atoms with van der Waals surface area (Å²) in [4.78, 5) is 21.9. The average Bonchev–Trinajstić information content (AvgIpc) is 4.22. The van der Waals surface area contributed by atoms with Gasteiger partial charge in [0.2, 0.25) is 0 Å². The molecule has 10 rings (SSSR count). The molecule has 2 saturated heterocycles. The van der Waals surface area contributed by atoms with Crippen LogP contribution in [0.5, 0.6) is 23.0 Å². The van der Waals surface area contributed by atoms with Crippen LogP contribution in [0.4, 0.5) is 11.5 Å². The van der Waals surface area contributed by atoms with E-state index < -0.39 is 0 Å². The van der Waals surface area contributed by atoms with Gasteiger partial charge in [-0.1, -0.05) is 29.3 Å². The normalized spacial score (nSPS) is 14.1. The molecule has 0 bridgehead atoms. The highest BCUT2D eigenvalue weighted by atomic mass is 35.5. The van der Waals surface area contributed by atoms with Crippen molar-refractivity contribution in [3.63, 3.8) is 0 Å². The second-order valence-corrected chi connectivity index (χ2v) is 17.3. The molecule has 7 aromatic rings. The fraction of sp³-hybridized carbons (Fsp3) is 0.400. The monoisotopic (exact) mass is 949 g/mol. The number of methoxy groups -OCH3 is 2. The van der Waals surface area contributed by atoms with Crippen molar-refractivity contribution in [2.75, 3.05) is 72.0 Å². The van der Waals surface area contributed by atoms with E-state index in [4.69, 9.17) is 42.1 Å². The smallest absolute Gasteiger partial charge is 0.163 e. The van der Waals surface area contributed by atoms with Crippen molar-refractivity contribution >= 4 is 63.0 Å². The first-order valence-electron chi connectivity index (χ1n) is 22.8. The lowest BCUT2D eigenvalue weighted by molar-refractivity contribution is 0.254. The van der Waals surface area contributed by atoms with Crippen LogP contribution in [0.2, 0.25) is 10.3 Å². The summed E-state index contributed by atoms with van der Waals surface area (Å²) < 4.78 is 26.0. The Labute approximate surface area is 403 Å². The fourth-order valence-corrected chi connectivity index (χ4v) is 8.22. The molecular formula is C50H61Cl2N11O4. The topological polar surface area (TPSA) is 142 Å². The molecule has 0 amide bonds. The number of aryl methyl sites for hydroxylation is 3. The lowest BCUT2D eigenvalue weighted by Gasteiger charge is -2.16. The summed E-state index contributed by atoms with van der Waals surface area (Å²) in [6.07, 6.45) is 12.8. The molecule has 0 saturated carbocycles. The third-order valence-electron chi connectivity index (χ3n) is 11.5. The predicted octanol–water partition coefficient (Wildman–Crippen LogP) is 9.74. The Bertz CT molecular complexity index is 2700. The molecule has 0 radical (unpaired) electrons. The number of benzene rings is 2. The Hall–Kier alpha value is -6.00. The fourth-order valence-electron chi connectivity index (χ4n) is 7.92. The number of hydrogen-bond donors (Lipinski definition) is 1. The van der Waals surface area contributed by atoms with Crippen molar-refractivity contribution in [2.45, 2.75) is 52.0 Å². The van der Waals surface area contributed by atoms with Gasteiger partial charge in [0.05, 0.1) is 52.1 Å². The van der Waals surface area contributed by atoms with E-state index in [2.05, 4.69) is 52.2 Å². The number of nitrogens with zero attached hydrogens (tertiary/aromatic N) is 10. The summed E-state index contributed by atoms with van der Waals surface area (Å²) in [6, 6.07) is 23.2. The zero-order valence-electron chi connectivity index (χ0n) is 39.1. The summed E-state index contributed by atoms with van der Waals surface area (Å²) in [5.41, 5.74) is 5.83. The maximum absolute atomic E-state index is 6.02. The first-order chi connectivity index (χ1) is 32.6. The number of aromatic nitrogens is 7.